The third-order valence-electron chi connectivity index (χ3n) is 6.37. The van der Waals surface area contributed by atoms with Crippen LogP contribution < -0.4 is 21.1 Å². The molecule has 2 aliphatic heterocycles. The highest BCUT2D eigenvalue weighted by atomic mass is 19.4. The Morgan fingerprint density at radius 3 is 2.65 bits per heavy atom. The van der Waals surface area contributed by atoms with Crippen molar-refractivity contribution in [3.63, 3.8) is 0 Å². The lowest BCUT2D eigenvalue weighted by Crippen LogP contribution is -2.44. The van der Waals surface area contributed by atoms with Crippen LogP contribution in [0.2, 0.25) is 0 Å². The van der Waals surface area contributed by atoms with Crippen molar-refractivity contribution in [1.29, 1.82) is 0 Å². The van der Waals surface area contributed by atoms with Crippen molar-refractivity contribution in [1.82, 2.24) is 19.1 Å². The number of piperidine rings is 1. The first-order chi connectivity index (χ1) is 16.0. The van der Waals surface area contributed by atoms with Crippen LogP contribution in [0.15, 0.2) is 23.0 Å². The lowest BCUT2D eigenvalue weighted by molar-refractivity contribution is -0.138. The number of nitrogens with two attached hydrogens (primary N) is 1. The third kappa shape index (κ3) is 3.68. The van der Waals surface area contributed by atoms with Crippen LogP contribution in [0.5, 0.6) is 0 Å². The second kappa shape index (κ2) is 7.94. The zero-order valence-corrected chi connectivity index (χ0v) is 18.3. The van der Waals surface area contributed by atoms with Crippen molar-refractivity contribution < 1.29 is 22.7 Å². The van der Waals surface area contributed by atoms with E-state index in [0.717, 1.165) is 25.0 Å². The summed E-state index contributed by atoms with van der Waals surface area (Å²) >= 11 is 0. The molecule has 1 fully saturated rings. The maximum Gasteiger partial charge on any atom is 0.416 e. The number of benzene rings is 1. The van der Waals surface area contributed by atoms with Crippen molar-refractivity contribution in [2.45, 2.75) is 44.4 Å². The summed E-state index contributed by atoms with van der Waals surface area (Å²) < 4.78 is 57.7. The molecule has 5 rings (SSSR count). The van der Waals surface area contributed by atoms with E-state index in [1.54, 1.807) is 7.05 Å². The summed E-state index contributed by atoms with van der Waals surface area (Å²) in [6.45, 7) is 0.458. The number of hydrogen-bond acceptors (Lipinski definition) is 7. The van der Waals surface area contributed by atoms with Crippen LogP contribution in [0, 0.1) is 5.82 Å². The van der Waals surface area contributed by atoms with E-state index in [2.05, 4.69) is 9.97 Å². The maximum absolute atomic E-state index is 14.0. The third-order valence-corrected chi connectivity index (χ3v) is 6.37. The van der Waals surface area contributed by atoms with Crippen molar-refractivity contribution in [2.75, 3.05) is 29.9 Å². The van der Waals surface area contributed by atoms with Crippen LogP contribution in [0.4, 0.5) is 29.5 Å². The Kier molecular flexibility index (Phi) is 5.28. The largest absolute Gasteiger partial charge is 0.416 e. The minimum atomic E-state index is -4.71. The van der Waals surface area contributed by atoms with Crippen LogP contribution in [0.3, 0.4) is 0 Å². The van der Waals surface area contributed by atoms with Gasteiger partial charge in [-0.25, -0.2) is 4.39 Å². The molecule has 3 aromatic rings. The number of fused-ring (bicyclic) bond motifs is 2. The zero-order chi connectivity index (χ0) is 24.4. The van der Waals surface area contributed by atoms with E-state index in [9.17, 15) is 27.5 Å². The SMILES string of the molecule is CN1c2nc3nc(N4CCCC(N)C4)n(Cc4cc(F)ccc4C(F)(F)F)c3c(=O)n2CC1O. The number of hydrogen-bond donors (Lipinski definition) is 2. The molecule has 2 aromatic heterocycles. The highest BCUT2D eigenvalue weighted by Crippen LogP contribution is 2.34. The summed E-state index contributed by atoms with van der Waals surface area (Å²) in [6.07, 6.45) is -4.15. The Hall–Kier alpha value is -3.19. The average molecular weight is 481 g/mol. The van der Waals surface area contributed by atoms with Gasteiger partial charge in [-0.2, -0.15) is 23.1 Å². The van der Waals surface area contributed by atoms with Crippen LogP contribution in [0.25, 0.3) is 11.2 Å². The van der Waals surface area contributed by atoms with E-state index < -0.39 is 35.9 Å². The fourth-order valence-corrected chi connectivity index (χ4v) is 4.67. The normalized spacial score (nSPS) is 20.9. The van der Waals surface area contributed by atoms with E-state index in [-0.39, 0.29) is 41.2 Å². The maximum atomic E-state index is 14.0. The summed E-state index contributed by atoms with van der Waals surface area (Å²) in [4.78, 5) is 25.6. The monoisotopic (exact) mass is 481 g/mol. The van der Waals surface area contributed by atoms with Gasteiger partial charge in [0.2, 0.25) is 11.9 Å². The fourth-order valence-electron chi connectivity index (χ4n) is 4.67. The first kappa shape index (κ1) is 22.6. The predicted molar refractivity (Wildman–Crippen MR) is 116 cm³/mol. The molecule has 2 unspecified atom stereocenters. The number of rotatable bonds is 3. The summed E-state index contributed by atoms with van der Waals surface area (Å²) in [5, 5.41) is 10.1. The number of anilines is 2. The fraction of sp³-hybridized carbons (Fsp3) is 0.476. The van der Waals surface area contributed by atoms with Gasteiger partial charge in [-0.1, -0.05) is 0 Å². The molecule has 0 spiro atoms. The molecule has 0 radical (unpaired) electrons. The molecule has 0 saturated carbocycles. The van der Waals surface area contributed by atoms with Gasteiger partial charge in [0.05, 0.1) is 18.7 Å². The van der Waals surface area contributed by atoms with Crippen LogP contribution >= 0.6 is 0 Å². The van der Waals surface area contributed by atoms with E-state index in [1.807, 2.05) is 4.90 Å². The lowest BCUT2D eigenvalue weighted by Gasteiger charge is -2.32. The molecule has 4 heterocycles. The van der Waals surface area contributed by atoms with E-state index in [0.29, 0.717) is 19.2 Å². The van der Waals surface area contributed by atoms with Gasteiger partial charge in [-0.05, 0) is 36.6 Å². The lowest BCUT2D eigenvalue weighted by atomic mass is 10.1. The van der Waals surface area contributed by atoms with Gasteiger partial charge in [0.1, 0.15) is 12.0 Å². The number of nitrogens with zero attached hydrogens (tertiary/aromatic N) is 6. The standard InChI is InChI=1S/C21H23F4N7O2/c1-29-15(33)10-32-18(34)16-17(27-19(29)32)28-20(30-6-2-3-13(26)9-30)31(16)8-11-7-12(22)4-5-14(11)21(23,24)25/h4-5,7,13,15,33H,2-3,6,8-10,26H2,1H3. The molecular formula is C21H23F4N7O2. The molecular weight excluding hydrogens is 458 g/mol. The molecule has 13 heteroatoms. The van der Waals surface area contributed by atoms with Gasteiger partial charge in [0.25, 0.3) is 5.56 Å². The summed E-state index contributed by atoms with van der Waals surface area (Å²) in [6, 6.07) is 2.09. The predicted octanol–water partition coefficient (Wildman–Crippen LogP) is 1.49. The Bertz CT molecular complexity index is 1320. The first-order valence-corrected chi connectivity index (χ1v) is 10.8. The Labute approximate surface area is 191 Å². The van der Waals surface area contributed by atoms with E-state index in [1.165, 1.54) is 14.0 Å². The minimum absolute atomic E-state index is 0.0159. The van der Waals surface area contributed by atoms with E-state index >= 15 is 0 Å². The van der Waals surface area contributed by atoms with Gasteiger partial charge in [-0.3, -0.25) is 13.9 Å². The quantitative estimate of drug-likeness (QED) is 0.546. The summed E-state index contributed by atoms with van der Waals surface area (Å²) in [5.41, 5.74) is 4.25. The topological polar surface area (TPSA) is 105 Å². The molecule has 9 nitrogen and oxygen atoms in total. The average Bonchev–Trinajstić information content (AvgIpc) is 3.26. The molecule has 2 atom stereocenters. The Morgan fingerprint density at radius 2 is 1.94 bits per heavy atom. The Balaban J connectivity index is 1.73. The van der Waals surface area contributed by atoms with Crippen LogP contribution in [-0.2, 0) is 19.3 Å². The van der Waals surface area contributed by atoms with Gasteiger partial charge >= 0.3 is 6.18 Å². The number of halogens is 4. The number of aliphatic hydroxyl groups excluding tert-OH is 1. The number of alkyl halides is 3. The number of aliphatic hydroxyl groups is 1. The molecule has 0 bridgehead atoms. The Morgan fingerprint density at radius 1 is 1.21 bits per heavy atom. The highest BCUT2D eigenvalue weighted by Gasteiger charge is 2.35. The second-order valence-corrected chi connectivity index (χ2v) is 8.74. The smallest absolute Gasteiger partial charge is 0.372 e. The molecule has 0 aliphatic carbocycles. The van der Waals surface area contributed by atoms with Crippen LogP contribution in [0.1, 0.15) is 24.0 Å². The van der Waals surface area contributed by atoms with E-state index in [4.69, 9.17) is 5.73 Å². The zero-order valence-electron chi connectivity index (χ0n) is 18.3. The molecule has 2 aliphatic rings. The van der Waals surface area contributed by atoms with Gasteiger partial charge < -0.3 is 20.6 Å². The number of aromatic nitrogens is 4. The first-order valence-electron chi connectivity index (χ1n) is 10.8. The van der Waals surface area contributed by atoms with Gasteiger partial charge in [0.15, 0.2) is 11.2 Å². The van der Waals surface area contributed by atoms with Crippen molar-refractivity contribution in [3.8, 4) is 0 Å². The highest BCUT2D eigenvalue weighted by molar-refractivity contribution is 5.76. The molecule has 0 amide bonds. The number of imidazole rings is 1. The molecule has 3 N–H and O–H groups in total. The molecule has 1 aromatic carbocycles. The molecule has 1 saturated heterocycles. The molecule has 34 heavy (non-hydrogen) atoms. The minimum Gasteiger partial charge on any atom is -0.372 e. The van der Waals surface area contributed by atoms with Crippen molar-refractivity contribution in [2.24, 2.45) is 5.73 Å². The van der Waals surface area contributed by atoms with Crippen LogP contribution in [-0.4, -0.2) is 56.6 Å². The second-order valence-electron chi connectivity index (χ2n) is 8.74. The van der Waals surface area contributed by atoms with Gasteiger partial charge in [0, 0.05) is 26.2 Å². The number of likely N-dealkylation sites (N-methyl/N-ethyl adjacent to an activating group) is 1. The molecule has 182 valence electrons. The van der Waals surface area contributed by atoms with Crippen molar-refractivity contribution >= 4 is 23.1 Å². The summed E-state index contributed by atoms with van der Waals surface area (Å²) in [7, 11) is 1.58. The van der Waals surface area contributed by atoms with Crippen molar-refractivity contribution in [3.05, 3.63) is 45.5 Å². The summed E-state index contributed by atoms with van der Waals surface area (Å²) in [5.74, 6) is -0.368. The van der Waals surface area contributed by atoms with Gasteiger partial charge in [-0.15, -0.1) is 0 Å².